The van der Waals surface area contributed by atoms with E-state index in [2.05, 4.69) is 20.3 Å². The minimum atomic E-state index is 0.258. The van der Waals surface area contributed by atoms with Crippen LogP contribution in [0.15, 0.2) is 54.6 Å². The average Bonchev–Trinajstić information content (AvgIpc) is 2.58. The van der Waals surface area contributed by atoms with Gasteiger partial charge in [0.05, 0.1) is 22.1 Å². The number of anilines is 1. The van der Waals surface area contributed by atoms with E-state index in [0.717, 1.165) is 17.1 Å². The second-order valence-corrected chi connectivity index (χ2v) is 6.10. The van der Waals surface area contributed by atoms with Crippen molar-refractivity contribution in [3.8, 4) is 11.5 Å². The van der Waals surface area contributed by atoms with E-state index in [4.69, 9.17) is 22.1 Å². The fourth-order valence-corrected chi connectivity index (χ4v) is 2.53. The van der Waals surface area contributed by atoms with Crippen LogP contribution in [0.4, 0.5) is 11.6 Å². The SMILES string of the molecule is Cc1cc(C)nc([NH+]=C(N)Nc2cc(Oc3ccccc3)ccc2Cl)n1. The number of aryl methyl sites for hydroxylation is 2. The summed E-state index contributed by atoms with van der Waals surface area (Å²) in [5.74, 6) is 2.05. The van der Waals surface area contributed by atoms with Gasteiger partial charge in [0.15, 0.2) is 0 Å². The zero-order chi connectivity index (χ0) is 18.5. The first-order valence-corrected chi connectivity index (χ1v) is 8.38. The van der Waals surface area contributed by atoms with Crippen LogP contribution in [0, 0.1) is 13.8 Å². The van der Waals surface area contributed by atoms with Gasteiger partial charge >= 0.3 is 5.95 Å². The summed E-state index contributed by atoms with van der Waals surface area (Å²) >= 11 is 6.25. The molecule has 0 spiro atoms. The molecule has 3 aromatic rings. The normalized spacial score (nSPS) is 11.3. The molecule has 0 unspecified atom stereocenters. The minimum absolute atomic E-state index is 0.258. The highest BCUT2D eigenvalue weighted by atomic mass is 35.5. The molecule has 0 atom stereocenters. The molecule has 3 rings (SSSR count). The lowest BCUT2D eigenvalue weighted by molar-refractivity contribution is -0.365. The molecule has 132 valence electrons. The largest absolute Gasteiger partial charge is 0.457 e. The van der Waals surface area contributed by atoms with Gasteiger partial charge in [-0.3, -0.25) is 5.32 Å². The molecule has 0 aliphatic carbocycles. The van der Waals surface area contributed by atoms with Crippen LogP contribution in [0.5, 0.6) is 11.5 Å². The quantitative estimate of drug-likeness (QED) is 0.487. The fourth-order valence-electron chi connectivity index (χ4n) is 2.37. The van der Waals surface area contributed by atoms with Gasteiger partial charge in [-0.25, -0.2) is 4.99 Å². The molecule has 0 radical (unpaired) electrons. The summed E-state index contributed by atoms with van der Waals surface area (Å²) in [6.07, 6.45) is 0. The Kier molecular flexibility index (Phi) is 5.34. The van der Waals surface area contributed by atoms with Gasteiger partial charge in [0.2, 0.25) is 0 Å². The van der Waals surface area contributed by atoms with Gasteiger partial charge in [0.1, 0.15) is 11.5 Å². The van der Waals surface area contributed by atoms with Crippen molar-refractivity contribution in [2.45, 2.75) is 13.8 Å². The van der Waals surface area contributed by atoms with Gasteiger partial charge in [-0.2, -0.15) is 0 Å². The third kappa shape index (κ3) is 4.70. The number of hydrogen-bond acceptors (Lipinski definition) is 3. The number of nitrogens with two attached hydrogens (primary N) is 1. The molecule has 0 amide bonds. The van der Waals surface area contributed by atoms with Crippen molar-refractivity contribution < 1.29 is 9.73 Å². The highest BCUT2D eigenvalue weighted by Gasteiger charge is 2.09. The Bertz CT molecular complexity index is 924. The third-order valence-electron chi connectivity index (χ3n) is 3.41. The molecule has 1 heterocycles. The smallest absolute Gasteiger partial charge is 0.354 e. The molecule has 1 aromatic heterocycles. The topological polar surface area (TPSA) is 87.0 Å². The van der Waals surface area contributed by atoms with E-state index < -0.39 is 0 Å². The molecular weight excluding hydrogens is 350 g/mol. The average molecular weight is 369 g/mol. The summed E-state index contributed by atoms with van der Waals surface area (Å²) in [6, 6.07) is 16.7. The fraction of sp³-hybridized carbons (Fsp3) is 0.105. The minimum Gasteiger partial charge on any atom is -0.457 e. The van der Waals surface area contributed by atoms with Gasteiger partial charge in [0, 0.05) is 12.1 Å². The second kappa shape index (κ2) is 7.84. The van der Waals surface area contributed by atoms with Crippen LogP contribution in [-0.4, -0.2) is 15.9 Å². The summed E-state index contributed by atoms with van der Waals surface area (Å²) in [6.45, 7) is 3.79. The number of halogens is 1. The molecule has 26 heavy (non-hydrogen) atoms. The molecule has 0 aliphatic heterocycles. The van der Waals surface area contributed by atoms with Crippen molar-refractivity contribution in [3.63, 3.8) is 0 Å². The maximum absolute atomic E-state index is 6.25. The Morgan fingerprint density at radius 2 is 1.69 bits per heavy atom. The number of ether oxygens (including phenoxy) is 1. The molecule has 2 aromatic carbocycles. The summed E-state index contributed by atoms with van der Waals surface area (Å²) in [5.41, 5.74) is 8.33. The Hall–Kier alpha value is -3.12. The first kappa shape index (κ1) is 17.7. The Morgan fingerprint density at radius 1 is 1.00 bits per heavy atom. The standard InChI is InChI=1S/C19H18ClN5O/c1-12-10-13(2)23-19(22-12)25-18(21)24-17-11-15(8-9-16(17)20)26-14-6-4-3-5-7-14/h3-11H,1-2H3,(H3,21,22,23,24,25)/p+1. The van der Waals surface area contributed by atoms with Crippen LogP contribution in [0.2, 0.25) is 5.02 Å². The van der Waals surface area contributed by atoms with Crippen molar-refractivity contribution in [1.29, 1.82) is 0 Å². The molecule has 0 saturated carbocycles. The highest BCUT2D eigenvalue weighted by Crippen LogP contribution is 2.29. The van der Waals surface area contributed by atoms with E-state index in [1.807, 2.05) is 50.2 Å². The molecule has 6 nitrogen and oxygen atoms in total. The number of guanidine groups is 1. The predicted octanol–water partition coefficient (Wildman–Crippen LogP) is 2.68. The van der Waals surface area contributed by atoms with Crippen molar-refractivity contribution >= 4 is 29.2 Å². The highest BCUT2D eigenvalue weighted by molar-refractivity contribution is 6.33. The molecule has 0 aliphatic rings. The molecule has 4 N–H and O–H groups in total. The maximum Gasteiger partial charge on any atom is 0.354 e. The molecule has 0 saturated heterocycles. The summed E-state index contributed by atoms with van der Waals surface area (Å²) in [7, 11) is 0. The lowest BCUT2D eigenvalue weighted by Crippen LogP contribution is -2.72. The molecule has 7 heteroatoms. The second-order valence-electron chi connectivity index (χ2n) is 5.69. The first-order valence-electron chi connectivity index (χ1n) is 8.01. The van der Waals surface area contributed by atoms with Crippen LogP contribution in [0.3, 0.4) is 0 Å². The lowest BCUT2D eigenvalue weighted by atomic mass is 10.3. The summed E-state index contributed by atoms with van der Waals surface area (Å²) in [5, 5.41) is 3.53. The molecule has 0 fully saturated rings. The molecular formula is C19H19ClN5O+. The lowest BCUT2D eigenvalue weighted by Gasteiger charge is -2.09. The zero-order valence-electron chi connectivity index (χ0n) is 14.5. The van der Waals surface area contributed by atoms with Crippen molar-refractivity contribution in [1.82, 2.24) is 9.97 Å². The van der Waals surface area contributed by atoms with Crippen LogP contribution in [0.25, 0.3) is 0 Å². The maximum atomic E-state index is 6.25. The van der Waals surface area contributed by atoms with Gasteiger partial charge in [-0.1, -0.05) is 29.8 Å². The first-order chi connectivity index (χ1) is 12.5. The Morgan fingerprint density at radius 3 is 2.38 bits per heavy atom. The van der Waals surface area contributed by atoms with E-state index in [1.165, 1.54) is 0 Å². The van der Waals surface area contributed by atoms with E-state index in [-0.39, 0.29) is 5.96 Å². The van der Waals surface area contributed by atoms with Crippen LogP contribution in [0.1, 0.15) is 11.4 Å². The summed E-state index contributed by atoms with van der Waals surface area (Å²) < 4.78 is 5.81. The predicted molar refractivity (Wildman–Crippen MR) is 103 cm³/mol. The van der Waals surface area contributed by atoms with E-state index >= 15 is 0 Å². The number of rotatable bonds is 4. The number of para-hydroxylation sites is 1. The number of hydrogen-bond donors (Lipinski definition) is 3. The van der Waals surface area contributed by atoms with Crippen LogP contribution >= 0.6 is 11.6 Å². The Labute approximate surface area is 156 Å². The third-order valence-corrected chi connectivity index (χ3v) is 3.74. The molecule has 0 bridgehead atoms. The van der Waals surface area contributed by atoms with Crippen LogP contribution in [-0.2, 0) is 0 Å². The number of nitrogens with one attached hydrogen (secondary N) is 2. The van der Waals surface area contributed by atoms with E-state index in [9.17, 15) is 0 Å². The number of aromatic nitrogens is 2. The van der Waals surface area contributed by atoms with Gasteiger partial charge in [0.25, 0.3) is 5.96 Å². The van der Waals surface area contributed by atoms with E-state index in [0.29, 0.717) is 22.4 Å². The Balaban J connectivity index is 1.80. The summed E-state index contributed by atoms with van der Waals surface area (Å²) in [4.78, 5) is 11.5. The van der Waals surface area contributed by atoms with Gasteiger partial charge in [-0.15, -0.1) is 9.97 Å². The van der Waals surface area contributed by atoms with Crippen molar-refractivity contribution in [3.05, 3.63) is 71.0 Å². The number of benzene rings is 2. The van der Waals surface area contributed by atoms with E-state index in [1.54, 1.807) is 18.2 Å². The zero-order valence-corrected chi connectivity index (χ0v) is 15.2. The van der Waals surface area contributed by atoms with Gasteiger partial charge < -0.3 is 10.5 Å². The van der Waals surface area contributed by atoms with Crippen molar-refractivity contribution in [2.75, 3.05) is 5.32 Å². The van der Waals surface area contributed by atoms with Crippen molar-refractivity contribution in [2.24, 2.45) is 5.73 Å². The van der Waals surface area contributed by atoms with Crippen LogP contribution < -0.4 is 20.8 Å². The van der Waals surface area contributed by atoms with Gasteiger partial charge in [-0.05, 0) is 38.1 Å². The monoisotopic (exact) mass is 368 g/mol. The number of nitrogens with zero attached hydrogens (tertiary/aromatic N) is 2.